The second-order valence-electron chi connectivity index (χ2n) is 5.69. The SMILES string of the molecule is Cc1[nH][n+](-c2ccc(C(=O)O)cc2)c(C)c1-c1cccc([N+](=O)[O-])c1. The maximum Gasteiger partial charge on any atom is 0.335 e. The van der Waals surface area contributed by atoms with Crippen LogP contribution in [0.15, 0.2) is 48.5 Å². The summed E-state index contributed by atoms with van der Waals surface area (Å²) in [4.78, 5) is 21.6. The van der Waals surface area contributed by atoms with Gasteiger partial charge in [0.2, 0.25) is 11.4 Å². The smallest absolute Gasteiger partial charge is 0.335 e. The molecule has 1 heterocycles. The van der Waals surface area contributed by atoms with Crippen LogP contribution in [-0.4, -0.2) is 21.1 Å². The summed E-state index contributed by atoms with van der Waals surface area (Å²) in [5.41, 5.74) is 4.40. The van der Waals surface area contributed by atoms with Crippen LogP contribution < -0.4 is 4.68 Å². The molecule has 7 nitrogen and oxygen atoms in total. The van der Waals surface area contributed by atoms with Crippen LogP contribution in [0.5, 0.6) is 0 Å². The topological polar surface area (TPSA) is 100 Å². The first kappa shape index (κ1) is 16.4. The van der Waals surface area contributed by atoms with E-state index in [0.29, 0.717) is 0 Å². The summed E-state index contributed by atoms with van der Waals surface area (Å²) in [7, 11) is 0. The van der Waals surface area contributed by atoms with Gasteiger partial charge in [-0.05, 0) is 24.6 Å². The molecule has 0 spiro atoms. The Balaban J connectivity index is 2.08. The van der Waals surface area contributed by atoms with E-state index in [4.69, 9.17) is 5.11 Å². The lowest BCUT2D eigenvalue weighted by Gasteiger charge is -1.99. The van der Waals surface area contributed by atoms with Crippen LogP contribution in [0, 0.1) is 24.0 Å². The molecule has 126 valence electrons. The molecule has 0 fully saturated rings. The number of carboxylic acids is 1. The van der Waals surface area contributed by atoms with Crippen molar-refractivity contribution in [1.82, 2.24) is 5.10 Å². The molecule has 3 rings (SSSR count). The Bertz CT molecular complexity index is 974. The summed E-state index contributed by atoms with van der Waals surface area (Å²) in [6.07, 6.45) is 0. The number of aryl methyl sites for hydroxylation is 1. The Kier molecular flexibility index (Phi) is 4.06. The van der Waals surface area contributed by atoms with Crippen LogP contribution in [-0.2, 0) is 0 Å². The van der Waals surface area contributed by atoms with Crippen molar-refractivity contribution >= 4 is 11.7 Å². The van der Waals surface area contributed by atoms with Gasteiger partial charge in [0.05, 0.1) is 21.7 Å². The lowest BCUT2D eigenvalue weighted by molar-refractivity contribution is -0.661. The number of nitro groups is 1. The zero-order valence-corrected chi connectivity index (χ0v) is 13.7. The van der Waals surface area contributed by atoms with Gasteiger partial charge >= 0.3 is 5.97 Å². The van der Waals surface area contributed by atoms with E-state index in [9.17, 15) is 14.9 Å². The van der Waals surface area contributed by atoms with Gasteiger partial charge in [0.25, 0.3) is 5.69 Å². The fourth-order valence-corrected chi connectivity index (χ4v) is 2.90. The van der Waals surface area contributed by atoms with Crippen molar-refractivity contribution in [2.24, 2.45) is 0 Å². The van der Waals surface area contributed by atoms with Crippen molar-refractivity contribution in [3.63, 3.8) is 0 Å². The third-order valence-corrected chi connectivity index (χ3v) is 4.07. The van der Waals surface area contributed by atoms with E-state index in [1.165, 1.54) is 18.2 Å². The molecule has 0 aliphatic carbocycles. The molecule has 0 amide bonds. The fraction of sp³-hybridized carbons (Fsp3) is 0.111. The number of nitrogens with one attached hydrogen (secondary N) is 1. The minimum atomic E-state index is -0.978. The number of non-ortho nitro benzene ring substituents is 1. The summed E-state index contributed by atoms with van der Waals surface area (Å²) < 4.78 is 1.83. The molecule has 0 aliphatic rings. The van der Waals surface area contributed by atoms with Crippen molar-refractivity contribution in [3.8, 4) is 16.8 Å². The number of hydrogen-bond donors (Lipinski definition) is 2. The first-order chi connectivity index (χ1) is 11.9. The lowest BCUT2D eigenvalue weighted by Crippen LogP contribution is -2.35. The number of aromatic amines is 1. The molecule has 0 saturated heterocycles. The van der Waals surface area contributed by atoms with Gasteiger partial charge in [-0.1, -0.05) is 16.8 Å². The minimum absolute atomic E-state index is 0.0369. The number of carboxylic acid groups (broad SMARTS) is 1. The average molecular weight is 338 g/mol. The first-order valence-electron chi connectivity index (χ1n) is 7.58. The molecule has 0 atom stereocenters. The predicted molar refractivity (Wildman–Crippen MR) is 90.8 cm³/mol. The number of nitrogens with zero attached hydrogens (tertiary/aromatic N) is 2. The maximum absolute atomic E-state index is 11.0. The molecular formula is C18H16N3O4+. The van der Waals surface area contributed by atoms with Crippen LogP contribution in [0.2, 0.25) is 0 Å². The lowest BCUT2D eigenvalue weighted by atomic mass is 10.0. The number of nitro benzene ring substituents is 1. The Morgan fingerprint density at radius 2 is 1.84 bits per heavy atom. The molecule has 0 bridgehead atoms. The summed E-state index contributed by atoms with van der Waals surface area (Å²) in [6.45, 7) is 3.80. The van der Waals surface area contributed by atoms with Crippen molar-refractivity contribution in [2.75, 3.05) is 0 Å². The van der Waals surface area contributed by atoms with E-state index < -0.39 is 10.9 Å². The molecule has 3 aromatic rings. The van der Waals surface area contributed by atoms with Gasteiger partial charge in [-0.15, -0.1) is 0 Å². The van der Waals surface area contributed by atoms with E-state index in [1.54, 1.807) is 24.3 Å². The molecule has 0 saturated carbocycles. The largest absolute Gasteiger partial charge is 0.478 e. The van der Waals surface area contributed by atoms with Crippen LogP contribution in [0.3, 0.4) is 0 Å². The Labute approximate surface area is 143 Å². The normalized spacial score (nSPS) is 10.6. The zero-order valence-electron chi connectivity index (χ0n) is 13.7. The summed E-state index contributed by atoms with van der Waals surface area (Å²) in [6, 6.07) is 13.0. The minimum Gasteiger partial charge on any atom is -0.478 e. The van der Waals surface area contributed by atoms with E-state index in [0.717, 1.165) is 28.2 Å². The fourth-order valence-electron chi connectivity index (χ4n) is 2.90. The standard InChI is InChI=1S/C18H15N3O4/c1-11-17(14-4-3-5-16(10-14)21(24)25)12(2)20(19-11)15-8-6-13(7-9-15)18(22)23/h3-10H,1-2H3,(H,22,23)/p+1. The van der Waals surface area contributed by atoms with E-state index >= 15 is 0 Å². The summed E-state index contributed by atoms with van der Waals surface area (Å²) >= 11 is 0. The van der Waals surface area contributed by atoms with E-state index in [2.05, 4.69) is 5.10 Å². The second-order valence-corrected chi connectivity index (χ2v) is 5.69. The van der Waals surface area contributed by atoms with Gasteiger partial charge in [0, 0.05) is 31.2 Å². The maximum atomic E-state index is 11.0. The third kappa shape index (κ3) is 2.99. The average Bonchev–Trinajstić information content (AvgIpc) is 2.89. The highest BCUT2D eigenvalue weighted by Gasteiger charge is 2.23. The second kappa shape index (κ2) is 6.20. The Hall–Kier alpha value is -3.48. The van der Waals surface area contributed by atoms with Crippen LogP contribution in [0.1, 0.15) is 21.7 Å². The molecule has 7 heteroatoms. The highest BCUT2D eigenvalue weighted by molar-refractivity contribution is 5.87. The van der Waals surface area contributed by atoms with Crippen molar-refractivity contribution in [2.45, 2.75) is 13.8 Å². The van der Waals surface area contributed by atoms with E-state index in [-0.39, 0.29) is 11.3 Å². The van der Waals surface area contributed by atoms with Crippen molar-refractivity contribution in [1.29, 1.82) is 0 Å². The number of benzene rings is 2. The Morgan fingerprint density at radius 3 is 2.44 bits per heavy atom. The van der Waals surface area contributed by atoms with Gasteiger partial charge in [-0.2, -0.15) is 5.10 Å². The highest BCUT2D eigenvalue weighted by atomic mass is 16.6. The van der Waals surface area contributed by atoms with Crippen LogP contribution in [0.25, 0.3) is 16.8 Å². The van der Waals surface area contributed by atoms with Gasteiger partial charge in [0.15, 0.2) is 0 Å². The summed E-state index contributed by atoms with van der Waals surface area (Å²) in [5.74, 6) is -0.978. The molecule has 0 radical (unpaired) electrons. The monoisotopic (exact) mass is 338 g/mol. The predicted octanol–water partition coefficient (Wildman–Crippen LogP) is 3.18. The van der Waals surface area contributed by atoms with Crippen LogP contribution >= 0.6 is 0 Å². The van der Waals surface area contributed by atoms with Gasteiger partial charge in [0.1, 0.15) is 0 Å². The van der Waals surface area contributed by atoms with Gasteiger partial charge in [-0.3, -0.25) is 10.1 Å². The van der Waals surface area contributed by atoms with Crippen molar-refractivity contribution < 1.29 is 19.5 Å². The number of H-pyrrole nitrogens is 1. The van der Waals surface area contributed by atoms with Crippen LogP contribution in [0.4, 0.5) is 5.69 Å². The summed E-state index contributed by atoms with van der Waals surface area (Å²) in [5, 5.41) is 23.2. The quantitative estimate of drug-likeness (QED) is 0.433. The third-order valence-electron chi connectivity index (χ3n) is 4.07. The molecular weight excluding hydrogens is 322 g/mol. The van der Waals surface area contributed by atoms with E-state index in [1.807, 2.05) is 24.6 Å². The molecule has 0 aliphatic heterocycles. The molecule has 0 unspecified atom stereocenters. The highest BCUT2D eigenvalue weighted by Crippen LogP contribution is 2.28. The van der Waals surface area contributed by atoms with Gasteiger partial charge in [-0.25, -0.2) is 4.79 Å². The molecule has 25 heavy (non-hydrogen) atoms. The van der Waals surface area contributed by atoms with Crippen molar-refractivity contribution in [3.05, 3.63) is 75.6 Å². The number of aromatic nitrogens is 2. The number of hydrogen-bond acceptors (Lipinski definition) is 3. The number of aromatic carboxylic acids is 1. The molecule has 1 aromatic heterocycles. The number of rotatable bonds is 4. The zero-order chi connectivity index (χ0) is 18.1. The van der Waals surface area contributed by atoms with Gasteiger partial charge < -0.3 is 5.11 Å². The molecule has 2 aromatic carbocycles. The Morgan fingerprint density at radius 1 is 1.16 bits per heavy atom. The molecule has 2 N–H and O–H groups in total. The number of carbonyl (C=O) groups is 1. The first-order valence-corrected chi connectivity index (χ1v) is 7.58.